The normalized spacial score (nSPS) is 12.4. The number of aromatic amines is 1. The predicted molar refractivity (Wildman–Crippen MR) is 121 cm³/mol. The molecule has 158 valence electrons. The summed E-state index contributed by atoms with van der Waals surface area (Å²) in [6.07, 6.45) is 0. The lowest BCUT2D eigenvalue weighted by Crippen LogP contribution is -2.30. The third-order valence-electron chi connectivity index (χ3n) is 5.12. The molecule has 0 saturated heterocycles. The van der Waals surface area contributed by atoms with Crippen molar-refractivity contribution in [1.29, 1.82) is 0 Å². The fourth-order valence-corrected chi connectivity index (χ4v) is 6.02. The molecule has 0 saturated carbocycles. The molecule has 2 heterocycles. The van der Waals surface area contributed by atoms with Gasteiger partial charge in [-0.1, -0.05) is 37.7 Å². The Hall–Kier alpha value is -2.36. The van der Waals surface area contributed by atoms with E-state index in [1.54, 1.807) is 30.0 Å². The van der Waals surface area contributed by atoms with Gasteiger partial charge in [0.05, 0.1) is 32.7 Å². The number of para-hydroxylation sites is 2. The Morgan fingerprint density at radius 1 is 1.03 bits per heavy atom. The van der Waals surface area contributed by atoms with Crippen LogP contribution >= 0.6 is 11.8 Å². The molecule has 4 aromatic rings. The first-order valence-corrected chi connectivity index (χ1v) is 12.5. The number of imidazole rings is 2. The number of hydrogen-bond acceptors (Lipinski definition) is 5. The van der Waals surface area contributed by atoms with Gasteiger partial charge in [0.2, 0.25) is 10.0 Å². The second-order valence-corrected chi connectivity index (χ2v) is 9.75. The van der Waals surface area contributed by atoms with Crippen molar-refractivity contribution in [1.82, 2.24) is 23.8 Å². The maximum absolute atomic E-state index is 12.8. The van der Waals surface area contributed by atoms with E-state index in [0.29, 0.717) is 18.8 Å². The monoisotopic (exact) mass is 443 g/mol. The predicted octanol–water partition coefficient (Wildman–Crippen LogP) is 4.26. The smallest absolute Gasteiger partial charge is 0.243 e. The summed E-state index contributed by atoms with van der Waals surface area (Å²) in [6.45, 7) is 7.52. The van der Waals surface area contributed by atoms with Crippen molar-refractivity contribution < 1.29 is 8.42 Å². The van der Waals surface area contributed by atoms with Gasteiger partial charge in [-0.15, -0.1) is 0 Å². The molecule has 0 aliphatic heterocycles. The molecule has 4 rings (SSSR count). The van der Waals surface area contributed by atoms with E-state index in [1.807, 2.05) is 32.0 Å². The van der Waals surface area contributed by atoms with Gasteiger partial charge >= 0.3 is 0 Å². The van der Waals surface area contributed by atoms with E-state index in [0.717, 1.165) is 39.6 Å². The molecule has 0 unspecified atom stereocenters. The topological polar surface area (TPSA) is 83.9 Å². The van der Waals surface area contributed by atoms with Crippen LogP contribution in [0.2, 0.25) is 0 Å². The molecule has 30 heavy (non-hydrogen) atoms. The molecule has 9 heteroatoms. The number of hydrogen-bond donors (Lipinski definition) is 1. The molecule has 7 nitrogen and oxygen atoms in total. The van der Waals surface area contributed by atoms with Gasteiger partial charge in [-0.25, -0.2) is 18.4 Å². The van der Waals surface area contributed by atoms with Crippen LogP contribution in [-0.2, 0) is 22.3 Å². The molecular weight excluding hydrogens is 418 g/mol. The Labute approximate surface area is 180 Å². The largest absolute Gasteiger partial charge is 0.341 e. The fraction of sp³-hybridized carbons (Fsp3) is 0.333. The van der Waals surface area contributed by atoms with Crippen LogP contribution in [-0.4, -0.2) is 45.3 Å². The number of aromatic nitrogens is 4. The molecule has 2 aromatic heterocycles. The molecule has 0 amide bonds. The molecule has 1 N–H and O–H groups in total. The number of benzene rings is 2. The highest BCUT2D eigenvalue weighted by atomic mass is 32.2. The Morgan fingerprint density at radius 3 is 2.53 bits per heavy atom. The Balaban J connectivity index is 1.59. The SMILES string of the molecule is CCN(CC)S(=O)(=O)c1ccc2nc(CSc3nc4ccccc4n3CC)[nH]c2c1. The van der Waals surface area contributed by atoms with E-state index in [4.69, 9.17) is 4.98 Å². The molecule has 0 atom stereocenters. The van der Waals surface area contributed by atoms with Crippen LogP contribution in [0.5, 0.6) is 0 Å². The highest BCUT2D eigenvalue weighted by molar-refractivity contribution is 7.98. The van der Waals surface area contributed by atoms with Crippen molar-refractivity contribution in [2.75, 3.05) is 13.1 Å². The summed E-state index contributed by atoms with van der Waals surface area (Å²) in [6, 6.07) is 13.2. The first-order valence-electron chi connectivity index (χ1n) is 10.0. The summed E-state index contributed by atoms with van der Waals surface area (Å²) in [4.78, 5) is 12.9. The standard InChI is InChI=1S/C21H25N5O2S2/c1-4-25(5-2)30(27,28)15-11-12-16-18(13-15)23-20(22-16)14-29-21-24-17-9-7-8-10-19(17)26(21)6-3/h7-13H,4-6,14H2,1-3H3,(H,22,23). The van der Waals surface area contributed by atoms with Gasteiger partial charge in [-0.3, -0.25) is 0 Å². The maximum atomic E-state index is 12.8. The molecular formula is C21H25N5O2S2. The van der Waals surface area contributed by atoms with E-state index < -0.39 is 10.0 Å². The van der Waals surface area contributed by atoms with Crippen LogP contribution in [0.1, 0.15) is 26.6 Å². The number of nitrogens with zero attached hydrogens (tertiary/aromatic N) is 4. The summed E-state index contributed by atoms with van der Waals surface area (Å²) in [5, 5.41) is 0.948. The summed E-state index contributed by atoms with van der Waals surface area (Å²) in [5.41, 5.74) is 3.59. The Bertz CT molecular complexity index is 1290. The number of nitrogens with one attached hydrogen (secondary N) is 1. The summed E-state index contributed by atoms with van der Waals surface area (Å²) in [7, 11) is -3.50. The first kappa shape index (κ1) is 20.9. The molecule has 0 bridgehead atoms. The highest BCUT2D eigenvalue weighted by Crippen LogP contribution is 2.27. The molecule has 0 radical (unpaired) electrons. The summed E-state index contributed by atoms with van der Waals surface area (Å²) < 4.78 is 29.2. The minimum atomic E-state index is -3.50. The van der Waals surface area contributed by atoms with Crippen molar-refractivity contribution in [2.45, 2.75) is 43.1 Å². The van der Waals surface area contributed by atoms with Gasteiger partial charge in [-0.2, -0.15) is 4.31 Å². The van der Waals surface area contributed by atoms with Crippen molar-refractivity contribution in [3.8, 4) is 0 Å². The number of sulfonamides is 1. The van der Waals surface area contributed by atoms with E-state index >= 15 is 0 Å². The summed E-state index contributed by atoms with van der Waals surface area (Å²) >= 11 is 1.62. The van der Waals surface area contributed by atoms with Gasteiger partial charge in [-0.05, 0) is 37.3 Å². The van der Waals surface area contributed by atoms with E-state index in [2.05, 4.69) is 27.5 Å². The summed E-state index contributed by atoms with van der Waals surface area (Å²) in [5.74, 6) is 1.41. The highest BCUT2D eigenvalue weighted by Gasteiger charge is 2.22. The van der Waals surface area contributed by atoms with Crippen LogP contribution in [0.3, 0.4) is 0 Å². The lowest BCUT2D eigenvalue weighted by molar-refractivity contribution is 0.445. The molecule has 0 fully saturated rings. The van der Waals surface area contributed by atoms with E-state index in [9.17, 15) is 8.42 Å². The second-order valence-electron chi connectivity index (χ2n) is 6.87. The van der Waals surface area contributed by atoms with Gasteiger partial charge < -0.3 is 9.55 Å². The third kappa shape index (κ3) is 3.73. The zero-order valence-electron chi connectivity index (χ0n) is 17.3. The van der Waals surface area contributed by atoms with Gasteiger partial charge in [0.25, 0.3) is 0 Å². The van der Waals surface area contributed by atoms with Crippen LogP contribution in [0.25, 0.3) is 22.1 Å². The number of fused-ring (bicyclic) bond motifs is 2. The number of thioether (sulfide) groups is 1. The Morgan fingerprint density at radius 2 is 1.80 bits per heavy atom. The van der Waals surface area contributed by atoms with Gasteiger partial charge in [0.15, 0.2) is 5.16 Å². The van der Waals surface area contributed by atoms with Crippen molar-refractivity contribution >= 4 is 43.9 Å². The van der Waals surface area contributed by atoms with Crippen LogP contribution in [0.4, 0.5) is 0 Å². The fourth-order valence-electron chi connectivity index (χ4n) is 3.59. The molecule has 0 spiro atoms. The molecule has 0 aliphatic carbocycles. The van der Waals surface area contributed by atoms with Crippen LogP contribution in [0.15, 0.2) is 52.5 Å². The van der Waals surface area contributed by atoms with E-state index in [-0.39, 0.29) is 4.90 Å². The third-order valence-corrected chi connectivity index (χ3v) is 8.15. The number of H-pyrrole nitrogens is 1. The zero-order valence-corrected chi connectivity index (χ0v) is 18.9. The second kappa shape index (κ2) is 8.41. The van der Waals surface area contributed by atoms with E-state index in [1.165, 1.54) is 4.31 Å². The molecule has 0 aliphatic rings. The number of aryl methyl sites for hydroxylation is 1. The first-order chi connectivity index (χ1) is 14.5. The quantitative estimate of drug-likeness (QED) is 0.412. The Kier molecular flexibility index (Phi) is 5.86. The zero-order chi connectivity index (χ0) is 21.3. The number of rotatable bonds is 8. The van der Waals surface area contributed by atoms with Crippen LogP contribution in [0, 0.1) is 0 Å². The van der Waals surface area contributed by atoms with Gasteiger partial charge in [0, 0.05) is 19.6 Å². The average molecular weight is 444 g/mol. The van der Waals surface area contributed by atoms with Crippen molar-refractivity contribution in [2.24, 2.45) is 0 Å². The average Bonchev–Trinajstić information content (AvgIpc) is 3.32. The molecule has 2 aromatic carbocycles. The maximum Gasteiger partial charge on any atom is 0.243 e. The lowest BCUT2D eigenvalue weighted by atomic mass is 10.3. The van der Waals surface area contributed by atoms with Crippen LogP contribution < -0.4 is 0 Å². The van der Waals surface area contributed by atoms with Crippen molar-refractivity contribution in [3.05, 3.63) is 48.3 Å². The minimum Gasteiger partial charge on any atom is -0.341 e. The minimum absolute atomic E-state index is 0.286. The van der Waals surface area contributed by atoms with Crippen molar-refractivity contribution in [3.63, 3.8) is 0 Å². The lowest BCUT2D eigenvalue weighted by Gasteiger charge is -2.18. The van der Waals surface area contributed by atoms with Gasteiger partial charge in [0.1, 0.15) is 5.82 Å².